The SMILES string of the molecule is O=C1[N]N=CC(c2ccccc2)=C1Br. The van der Waals surface area contributed by atoms with E-state index < -0.39 is 0 Å². The van der Waals surface area contributed by atoms with Crippen LogP contribution in [0.4, 0.5) is 0 Å². The molecule has 0 atom stereocenters. The number of halogens is 1. The molecule has 2 rings (SSSR count). The molecule has 1 aromatic carbocycles. The van der Waals surface area contributed by atoms with Gasteiger partial charge in [0, 0.05) is 5.57 Å². The molecule has 0 saturated carbocycles. The van der Waals surface area contributed by atoms with E-state index in [1.807, 2.05) is 30.3 Å². The first-order valence-corrected chi connectivity index (χ1v) is 4.82. The highest BCUT2D eigenvalue weighted by Crippen LogP contribution is 2.23. The van der Waals surface area contributed by atoms with Gasteiger partial charge in [-0.05, 0) is 21.5 Å². The standard InChI is InChI=1S/C10H6BrN2O/c11-9-8(6-12-13-10(9)14)7-4-2-1-3-5-7/h1-6H. The molecule has 0 bridgehead atoms. The summed E-state index contributed by atoms with van der Waals surface area (Å²) in [6.45, 7) is 0. The molecule has 1 aliphatic heterocycles. The zero-order valence-electron chi connectivity index (χ0n) is 7.14. The summed E-state index contributed by atoms with van der Waals surface area (Å²) in [7, 11) is 0. The number of rotatable bonds is 1. The third kappa shape index (κ3) is 1.61. The van der Waals surface area contributed by atoms with Gasteiger partial charge in [0.2, 0.25) is 0 Å². The number of carbonyl (C=O) groups is 1. The zero-order valence-corrected chi connectivity index (χ0v) is 8.73. The van der Waals surface area contributed by atoms with Crippen molar-refractivity contribution >= 4 is 33.6 Å². The highest BCUT2D eigenvalue weighted by molar-refractivity contribution is 9.12. The number of allylic oxidation sites excluding steroid dienone is 1. The average Bonchev–Trinajstić information content (AvgIpc) is 2.23. The summed E-state index contributed by atoms with van der Waals surface area (Å²) >= 11 is 3.20. The van der Waals surface area contributed by atoms with Crippen LogP contribution in [0, 0.1) is 0 Å². The highest BCUT2D eigenvalue weighted by Gasteiger charge is 2.17. The van der Waals surface area contributed by atoms with Crippen molar-refractivity contribution in [3.05, 3.63) is 40.4 Å². The fourth-order valence-corrected chi connectivity index (χ4v) is 1.58. The molecule has 14 heavy (non-hydrogen) atoms. The third-order valence-corrected chi connectivity index (χ3v) is 2.61. The number of nitrogens with zero attached hydrogens (tertiary/aromatic N) is 2. The van der Waals surface area contributed by atoms with Crippen molar-refractivity contribution in [1.29, 1.82) is 0 Å². The van der Waals surface area contributed by atoms with Crippen LogP contribution in [0.5, 0.6) is 0 Å². The smallest absolute Gasteiger partial charge is 0.264 e. The Morgan fingerprint density at radius 3 is 2.57 bits per heavy atom. The molecule has 1 aliphatic rings. The summed E-state index contributed by atoms with van der Waals surface area (Å²) in [6, 6.07) is 9.58. The van der Waals surface area contributed by atoms with E-state index in [0.717, 1.165) is 11.1 Å². The van der Waals surface area contributed by atoms with Crippen molar-refractivity contribution in [2.24, 2.45) is 5.10 Å². The Morgan fingerprint density at radius 2 is 1.86 bits per heavy atom. The predicted octanol–water partition coefficient (Wildman–Crippen LogP) is 1.92. The van der Waals surface area contributed by atoms with Crippen LogP contribution in [0.2, 0.25) is 0 Å². The van der Waals surface area contributed by atoms with Gasteiger partial charge in [0.15, 0.2) is 0 Å². The summed E-state index contributed by atoms with van der Waals surface area (Å²) in [6.07, 6.45) is 1.57. The van der Waals surface area contributed by atoms with Crippen molar-refractivity contribution in [3.63, 3.8) is 0 Å². The van der Waals surface area contributed by atoms with Gasteiger partial charge in [0.1, 0.15) is 0 Å². The Bertz CT molecular complexity index is 423. The fourth-order valence-electron chi connectivity index (χ4n) is 1.17. The lowest BCUT2D eigenvalue weighted by Crippen LogP contribution is -2.15. The van der Waals surface area contributed by atoms with Crippen LogP contribution < -0.4 is 5.43 Å². The maximum atomic E-state index is 11.2. The summed E-state index contributed by atoms with van der Waals surface area (Å²) in [5.74, 6) is -0.341. The molecular formula is C10H6BrN2O. The summed E-state index contributed by atoms with van der Waals surface area (Å²) in [4.78, 5) is 11.2. The summed E-state index contributed by atoms with van der Waals surface area (Å²) in [5.41, 5.74) is 5.13. The molecule has 0 saturated heterocycles. The first kappa shape index (κ1) is 9.15. The molecule has 0 fully saturated rings. The van der Waals surface area contributed by atoms with Gasteiger partial charge >= 0.3 is 5.91 Å². The molecule has 3 nitrogen and oxygen atoms in total. The van der Waals surface area contributed by atoms with Crippen molar-refractivity contribution < 1.29 is 4.79 Å². The lowest BCUT2D eigenvalue weighted by Gasteiger charge is -2.08. The normalized spacial score (nSPS) is 15.6. The molecule has 0 unspecified atom stereocenters. The Morgan fingerprint density at radius 1 is 1.14 bits per heavy atom. The van der Waals surface area contributed by atoms with E-state index in [1.54, 1.807) is 6.21 Å². The van der Waals surface area contributed by atoms with Crippen LogP contribution in [0.25, 0.3) is 5.57 Å². The molecule has 1 heterocycles. The van der Waals surface area contributed by atoms with E-state index in [1.165, 1.54) is 0 Å². The Balaban J connectivity index is 2.49. The van der Waals surface area contributed by atoms with Crippen LogP contribution in [-0.4, -0.2) is 12.1 Å². The quantitative estimate of drug-likeness (QED) is 0.750. The topological polar surface area (TPSA) is 43.5 Å². The predicted molar refractivity (Wildman–Crippen MR) is 57.9 cm³/mol. The monoisotopic (exact) mass is 249 g/mol. The van der Waals surface area contributed by atoms with E-state index in [4.69, 9.17) is 0 Å². The first-order valence-electron chi connectivity index (χ1n) is 4.02. The van der Waals surface area contributed by atoms with Gasteiger partial charge in [0.05, 0.1) is 10.7 Å². The van der Waals surface area contributed by atoms with Crippen LogP contribution in [0.15, 0.2) is 39.9 Å². The second-order valence-corrected chi connectivity index (χ2v) is 3.54. The lowest BCUT2D eigenvalue weighted by atomic mass is 10.1. The maximum absolute atomic E-state index is 11.2. The van der Waals surface area contributed by atoms with Crippen LogP contribution in [0.1, 0.15) is 5.56 Å². The molecule has 69 valence electrons. The van der Waals surface area contributed by atoms with Crippen LogP contribution in [-0.2, 0) is 4.79 Å². The second-order valence-electron chi connectivity index (χ2n) is 2.74. The van der Waals surface area contributed by atoms with E-state index in [2.05, 4.69) is 26.5 Å². The maximum Gasteiger partial charge on any atom is 0.303 e. The Labute approximate surface area is 89.6 Å². The van der Waals surface area contributed by atoms with Crippen molar-refractivity contribution in [1.82, 2.24) is 5.43 Å². The average molecular weight is 250 g/mol. The van der Waals surface area contributed by atoms with Crippen LogP contribution in [0.3, 0.4) is 0 Å². The molecule has 0 spiro atoms. The molecule has 1 amide bonds. The number of carbonyl (C=O) groups excluding carboxylic acids is 1. The van der Waals surface area contributed by atoms with E-state index in [-0.39, 0.29) is 5.91 Å². The van der Waals surface area contributed by atoms with Gasteiger partial charge in [-0.25, -0.2) is 0 Å². The van der Waals surface area contributed by atoms with Gasteiger partial charge < -0.3 is 0 Å². The van der Waals surface area contributed by atoms with E-state index in [0.29, 0.717) is 4.48 Å². The second kappa shape index (κ2) is 3.75. The van der Waals surface area contributed by atoms with Gasteiger partial charge in [-0.15, -0.1) is 5.43 Å². The van der Waals surface area contributed by atoms with Gasteiger partial charge in [-0.2, -0.15) is 5.10 Å². The number of hydrogen-bond donors (Lipinski definition) is 0. The molecule has 0 N–H and O–H groups in total. The lowest BCUT2D eigenvalue weighted by molar-refractivity contribution is -0.117. The minimum atomic E-state index is -0.341. The molecule has 0 aliphatic carbocycles. The fraction of sp³-hybridized carbons (Fsp3) is 0. The Kier molecular flexibility index (Phi) is 2.45. The van der Waals surface area contributed by atoms with Crippen molar-refractivity contribution in [3.8, 4) is 0 Å². The summed E-state index contributed by atoms with van der Waals surface area (Å²) < 4.78 is 0.457. The number of benzene rings is 1. The van der Waals surface area contributed by atoms with E-state index >= 15 is 0 Å². The van der Waals surface area contributed by atoms with Gasteiger partial charge in [0.25, 0.3) is 0 Å². The largest absolute Gasteiger partial charge is 0.303 e. The van der Waals surface area contributed by atoms with Crippen LogP contribution >= 0.6 is 15.9 Å². The number of amides is 1. The molecule has 4 heteroatoms. The van der Waals surface area contributed by atoms with E-state index in [9.17, 15) is 4.79 Å². The Hall–Kier alpha value is -1.42. The molecule has 0 aromatic heterocycles. The molecule has 1 aromatic rings. The minimum Gasteiger partial charge on any atom is -0.264 e. The summed E-state index contributed by atoms with van der Waals surface area (Å²) in [5, 5.41) is 3.63. The minimum absolute atomic E-state index is 0.341. The van der Waals surface area contributed by atoms with Gasteiger partial charge in [-0.1, -0.05) is 30.3 Å². The van der Waals surface area contributed by atoms with Gasteiger partial charge in [-0.3, -0.25) is 4.79 Å². The third-order valence-electron chi connectivity index (χ3n) is 1.84. The number of hydrogen-bond acceptors (Lipinski definition) is 2. The molecule has 1 radical (unpaired) electrons. The highest BCUT2D eigenvalue weighted by atomic mass is 79.9. The molecular weight excluding hydrogens is 244 g/mol. The zero-order chi connectivity index (χ0) is 9.97. The van der Waals surface area contributed by atoms with Crippen molar-refractivity contribution in [2.75, 3.05) is 0 Å². The first-order chi connectivity index (χ1) is 6.79. The van der Waals surface area contributed by atoms with Crippen molar-refractivity contribution in [2.45, 2.75) is 0 Å².